The van der Waals surface area contributed by atoms with Gasteiger partial charge in [0.2, 0.25) is 5.91 Å². The Kier molecular flexibility index (Phi) is 5.52. The monoisotopic (exact) mass is 426 g/mol. The van der Waals surface area contributed by atoms with E-state index in [9.17, 15) is 19.5 Å². The number of carbonyl (C=O) groups is 1. The molecule has 0 atom stereocenters. The van der Waals surface area contributed by atoms with Crippen LogP contribution in [-0.4, -0.2) is 31.9 Å². The van der Waals surface area contributed by atoms with Crippen molar-refractivity contribution in [3.8, 4) is 5.69 Å². The van der Waals surface area contributed by atoms with Crippen LogP contribution in [0.25, 0.3) is 5.69 Å². The average molecular weight is 427 g/mol. The summed E-state index contributed by atoms with van der Waals surface area (Å²) in [7, 11) is 0. The Hall–Kier alpha value is -3.23. The summed E-state index contributed by atoms with van der Waals surface area (Å²) in [5.41, 5.74) is 0.320. The van der Waals surface area contributed by atoms with E-state index in [0.717, 1.165) is 15.7 Å². The first-order chi connectivity index (χ1) is 14.5. The number of rotatable bonds is 5. The molecule has 8 nitrogen and oxygen atoms in total. The maximum atomic E-state index is 13.1. The summed E-state index contributed by atoms with van der Waals surface area (Å²) in [5, 5.41) is 14.2. The van der Waals surface area contributed by atoms with Crippen LogP contribution in [0.1, 0.15) is 24.1 Å². The summed E-state index contributed by atoms with van der Waals surface area (Å²) in [6.07, 6.45) is 1.27. The van der Waals surface area contributed by atoms with Gasteiger partial charge in [0.1, 0.15) is 0 Å². The highest BCUT2D eigenvalue weighted by molar-refractivity contribution is 6.30. The van der Waals surface area contributed by atoms with E-state index in [2.05, 4.69) is 5.10 Å². The van der Waals surface area contributed by atoms with E-state index in [1.807, 2.05) is 0 Å². The number of aliphatic hydroxyl groups is 1. The van der Waals surface area contributed by atoms with Gasteiger partial charge in [-0.15, -0.1) is 0 Å². The third kappa shape index (κ3) is 3.79. The van der Waals surface area contributed by atoms with E-state index in [1.165, 1.54) is 0 Å². The lowest BCUT2D eigenvalue weighted by Crippen LogP contribution is -2.43. The van der Waals surface area contributed by atoms with E-state index in [1.54, 1.807) is 53.4 Å². The molecule has 1 amide bonds. The molecule has 1 aliphatic heterocycles. The molecule has 4 rings (SSSR count). The minimum atomic E-state index is -0.653. The fraction of sp³-hybridized carbons (Fsp3) is 0.238. The molecular weight excluding hydrogens is 408 g/mol. The normalized spacial score (nSPS) is 13.8. The molecule has 30 heavy (non-hydrogen) atoms. The SMILES string of the molecule is O=C1CCCN1c1cccc(-n2nc(CO)c(=O)n(Cc3ccc(Cl)cc3)c2=O)c1. The topological polar surface area (TPSA) is 97.4 Å². The first kappa shape index (κ1) is 20.1. The van der Waals surface area contributed by atoms with Gasteiger partial charge >= 0.3 is 5.69 Å². The largest absolute Gasteiger partial charge is 0.390 e. The molecule has 9 heteroatoms. The fourth-order valence-corrected chi connectivity index (χ4v) is 3.58. The lowest BCUT2D eigenvalue weighted by Gasteiger charge is -2.17. The Morgan fingerprint density at radius 3 is 2.43 bits per heavy atom. The molecule has 0 spiro atoms. The molecule has 1 fully saturated rings. The van der Waals surface area contributed by atoms with Crippen LogP contribution in [0.4, 0.5) is 5.69 Å². The molecule has 2 aromatic carbocycles. The summed E-state index contributed by atoms with van der Waals surface area (Å²) in [6.45, 7) is 0.0151. The number of halogens is 1. The molecule has 0 unspecified atom stereocenters. The highest BCUT2D eigenvalue weighted by Crippen LogP contribution is 2.23. The second-order valence-electron chi connectivity index (χ2n) is 6.99. The predicted molar refractivity (Wildman–Crippen MR) is 112 cm³/mol. The van der Waals surface area contributed by atoms with Crippen molar-refractivity contribution in [1.82, 2.24) is 14.3 Å². The molecular formula is C21H19ClN4O4. The molecule has 154 valence electrons. The van der Waals surface area contributed by atoms with Gasteiger partial charge in [0.25, 0.3) is 5.56 Å². The summed E-state index contributed by atoms with van der Waals surface area (Å²) >= 11 is 5.90. The molecule has 2 heterocycles. The van der Waals surface area contributed by atoms with Gasteiger partial charge in [-0.05, 0) is 42.3 Å². The van der Waals surface area contributed by atoms with Crippen molar-refractivity contribution in [3.63, 3.8) is 0 Å². The molecule has 0 radical (unpaired) electrons. The molecule has 0 aliphatic carbocycles. The van der Waals surface area contributed by atoms with Crippen molar-refractivity contribution in [2.24, 2.45) is 0 Å². The lowest BCUT2D eigenvalue weighted by atomic mass is 10.2. The van der Waals surface area contributed by atoms with Crippen LogP contribution < -0.4 is 16.1 Å². The van der Waals surface area contributed by atoms with E-state index < -0.39 is 17.9 Å². The zero-order chi connectivity index (χ0) is 21.3. The molecule has 1 aromatic heterocycles. The van der Waals surface area contributed by atoms with Crippen LogP contribution in [0.2, 0.25) is 5.02 Å². The Morgan fingerprint density at radius 2 is 1.77 bits per heavy atom. The summed E-state index contributed by atoms with van der Waals surface area (Å²) in [4.78, 5) is 39.5. The van der Waals surface area contributed by atoms with Gasteiger partial charge in [0.05, 0.1) is 18.8 Å². The maximum absolute atomic E-state index is 13.1. The standard InChI is InChI=1S/C21H19ClN4O4/c22-15-8-6-14(7-9-15)12-25-20(29)18(13-27)23-26(21(25)30)17-4-1-3-16(11-17)24-10-2-5-19(24)28/h1,3-4,6-9,11,27H,2,5,10,12-13H2. The van der Waals surface area contributed by atoms with Crippen LogP contribution in [0.5, 0.6) is 0 Å². The summed E-state index contributed by atoms with van der Waals surface area (Å²) in [5.74, 6) is 0.0243. The number of hydrogen-bond acceptors (Lipinski definition) is 5. The van der Waals surface area contributed by atoms with Gasteiger partial charge in [0, 0.05) is 23.7 Å². The van der Waals surface area contributed by atoms with Gasteiger partial charge in [0.15, 0.2) is 5.69 Å². The number of hydrogen-bond donors (Lipinski definition) is 1. The number of amides is 1. The van der Waals surface area contributed by atoms with Crippen LogP contribution >= 0.6 is 11.6 Å². The third-order valence-electron chi connectivity index (χ3n) is 4.99. The Labute approximate surface area is 176 Å². The Bertz CT molecular complexity index is 1220. The number of anilines is 1. The molecule has 1 saturated heterocycles. The van der Waals surface area contributed by atoms with Gasteiger partial charge < -0.3 is 10.0 Å². The first-order valence-corrected chi connectivity index (χ1v) is 9.85. The summed E-state index contributed by atoms with van der Waals surface area (Å²) in [6, 6.07) is 13.6. The number of aromatic nitrogens is 3. The molecule has 1 aliphatic rings. The van der Waals surface area contributed by atoms with Crippen LogP contribution in [-0.2, 0) is 17.9 Å². The number of carbonyl (C=O) groups excluding carboxylic acids is 1. The molecule has 0 saturated carbocycles. The fourth-order valence-electron chi connectivity index (χ4n) is 3.46. The van der Waals surface area contributed by atoms with Gasteiger partial charge in [-0.1, -0.05) is 29.8 Å². The van der Waals surface area contributed by atoms with Crippen molar-refractivity contribution in [2.45, 2.75) is 26.0 Å². The van der Waals surface area contributed by atoms with Crippen molar-refractivity contribution < 1.29 is 9.90 Å². The average Bonchev–Trinajstić information content (AvgIpc) is 3.19. The Morgan fingerprint density at radius 1 is 1.03 bits per heavy atom. The van der Waals surface area contributed by atoms with Crippen molar-refractivity contribution in [1.29, 1.82) is 0 Å². The Balaban J connectivity index is 1.81. The number of nitrogens with zero attached hydrogens (tertiary/aromatic N) is 4. The summed E-state index contributed by atoms with van der Waals surface area (Å²) < 4.78 is 2.10. The van der Waals surface area contributed by atoms with Crippen molar-refractivity contribution >= 4 is 23.2 Å². The van der Waals surface area contributed by atoms with Gasteiger partial charge in [-0.25, -0.2) is 4.79 Å². The lowest BCUT2D eigenvalue weighted by molar-refractivity contribution is -0.117. The smallest absolute Gasteiger partial charge is 0.352 e. The van der Waals surface area contributed by atoms with Crippen LogP contribution in [0.3, 0.4) is 0 Å². The van der Waals surface area contributed by atoms with E-state index >= 15 is 0 Å². The number of aliphatic hydroxyl groups excluding tert-OH is 1. The van der Waals surface area contributed by atoms with E-state index in [-0.39, 0.29) is 18.1 Å². The predicted octanol–water partition coefficient (Wildman–Crippen LogP) is 1.71. The van der Waals surface area contributed by atoms with E-state index in [0.29, 0.717) is 34.9 Å². The first-order valence-electron chi connectivity index (χ1n) is 9.47. The highest BCUT2D eigenvalue weighted by atomic mass is 35.5. The molecule has 3 aromatic rings. The second-order valence-corrected chi connectivity index (χ2v) is 7.42. The quantitative estimate of drug-likeness (QED) is 0.670. The van der Waals surface area contributed by atoms with Crippen LogP contribution in [0.15, 0.2) is 58.1 Å². The van der Waals surface area contributed by atoms with Crippen molar-refractivity contribution in [2.75, 3.05) is 11.4 Å². The maximum Gasteiger partial charge on any atom is 0.352 e. The second kappa shape index (κ2) is 8.25. The van der Waals surface area contributed by atoms with Crippen LogP contribution in [0, 0.1) is 0 Å². The number of benzene rings is 2. The van der Waals surface area contributed by atoms with Crippen molar-refractivity contribution in [3.05, 3.63) is 85.6 Å². The zero-order valence-corrected chi connectivity index (χ0v) is 16.7. The minimum absolute atomic E-state index is 0.00859. The highest BCUT2D eigenvalue weighted by Gasteiger charge is 2.22. The van der Waals surface area contributed by atoms with E-state index in [4.69, 9.17) is 11.6 Å². The third-order valence-corrected chi connectivity index (χ3v) is 5.24. The molecule has 1 N–H and O–H groups in total. The van der Waals surface area contributed by atoms with Gasteiger partial charge in [-0.2, -0.15) is 9.78 Å². The molecule has 0 bridgehead atoms. The minimum Gasteiger partial charge on any atom is -0.390 e. The zero-order valence-electron chi connectivity index (χ0n) is 16.0. The van der Waals surface area contributed by atoms with Gasteiger partial charge in [-0.3, -0.25) is 14.2 Å².